The number of halogens is 4. The van der Waals surface area contributed by atoms with Crippen LogP contribution in [0.25, 0.3) is 0 Å². The van der Waals surface area contributed by atoms with Gasteiger partial charge in [0.25, 0.3) is 0 Å². The highest BCUT2D eigenvalue weighted by molar-refractivity contribution is 9.10. The predicted molar refractivity (Wildman–Crippen MR) is 94.5 cm³/mol. The molecule has 21 heavy (non-hydrogen) atoms. The number of hydrogen-bond donors (Lipinski definition) is 1. The molecular formula is C13H7BrCl3N3S. The fourth-order valence-electron chi connectivity index (χ4n) is 1.90. The van der Waals surface area contributed by atoms with Crippen LogP contribution in [0.3, 0.4) is 0 Å². The van der Waals surface area contributed by atoms with Crippen LogP contribution in [0.15, 0.2) is 37.5 Å². The molecule has 8 heteroatoms. The van der Waals surface area contributed by atoms with E-state index < -0.39 is 0 Å². The van der Waals surface area contributed by atoms with Crippen molar-refractivity contribution >= 4 is 79.1 Å². The van der Waals surface area contributed by atoms with E-state index in [1.54, 1.807) is 6.07 Å². The zero-order valence-corrected chi connectivity index (χ0v) is 15.0. The lowest BCUT2D eigenvalue weighted by Gasteiger charge is -2.13. The zero-order valence-electron chi connectivity index (χ0n) is 10.3. The minimum absolute atomic E-state index is 0.495. The highest BCUT2D eigenvalue weighted by Gasteiger charge is 2.18. The Morgan fingerprint density at radius 1 is 1.00 bits per heavy atom. The molecule has 0 radical (unpaired) electrons. The molecule has 0 saturated carbocycles. The number of fused-ring (bicyclic) bond motifs is 1. The largest absolute Gasteiger partial charge is 0.378 e. The standard InChI is InChI=1S/C13H7BrCl3N3S/c14-7-1-2-8(15)6(3-7)5-18-11-9(16)4-10(17)12-13(11)20-21-19-12/h1-4,18H,5H2. The fourth-order valence-corrected chi connectivity index (χ4v) is 3.68. The number of hydrogen-bond acceptors (Lipinski definition) is 3. The third-order valence-electron chi connectivity index (χ3n) is 2.91. The molecule has 1 N–H and O–H groups in total. The molecule has 0 saturated heterocycles. The number of benzene rings is 2. The van der Waals surface area contributed by atoms with Gasteiger partial charge in [-0.2, -0.15) is 8.73 Å². The van der Waals surface area contributed by atoms with E-state index in [1.165, 1.54) is 0 Å². The molecule has 0 fully saturated rings. The molecule has 0 amide bonds. The highest BCUT2D eigenvalue weighted by Crippen LogP contribution is 2.47. The molecule has 0 unspecified atom stereocenters. The molecule has 0 spiro atoms. The van der Waals surface area contributed by atoms with Crippen LogP contribution in [0, 0.1) is 0 Å². The number of anilines is 1. The first-order chi connectivity index (χ1) is 10.1. The van der Waals surface area contributed by atoms with E-state index in [2.05, 4.69) is 30.0 Å². The lowest BCUT2D eigenvalue weighted by molar-refractivity contribution is 1.15. The van der Waals surface area contributed by atoms with Crippen molar-refractivity contribution < 1.29 is 0 Å². The first-order valence-electron chi connectivity index (χ1n) is 5.84. The van der Waals surface area contributed by atoms with E-state index in [9.17, 15) is 0 Å². The quantitative estimate of drug-likeness (QED) is 0.497. The van der Waals surface area contributed by atoms with Gasteiger partial charge in [0.1, 0.15) is 11.4 Å². The molecule has 1 heterocycles. The Morgan fingerprint density at radius 3 is 2.57 bits per heavy atom. The third-order valence-corrected chi connectivity index (χ3v) is 4.88. The van der Waals surface area contributed by atoms with Crippen LogP contribution in [0.4, 0.5) is 17.1 Å². The molecular weight excluding hydrogens is 416 g/mol. The Morgan fingerprint density at radius 2 is 1.76 bits per heavy atom. The van der Waals surface area contributed by atoms with Crippen LogP contribution in [0.5, 0.6) is 0 Å². The van der Waals surface area contributed by atoms with Crippen molar-refractivity contribution in [1.82, 2.24) is 0 Å². The lowest BCUT2D eigenvalue weighted by atomic mass is 10.2. The van der Waals surface area contributed by atoms with Gasteiger partial charge in [-0.25, -0.2) is 0 Å². The van der Waals surface area contributed by atoms with Crippen molar-refractivity contribution in [3.05, 3.63) is 49.4 Å². The molecule has 0 atom stereocenters. The molecule has 3 nitrogen and oxygen atoms in total. The monoisotopic (exact) mass is 421 g/mol. The van der Waals surface area contributed by atoms with E-state index in [1.807, 2.05) is 18.2 Å². The highest BCUT2D eigenvalue weighted by atomic mass is 79.9. The molecule has 108 valence electrons. The summed E-state index contributed by atoms with van der Waals surface area (Å²) in [5.41, 5.74) is 2.98. The summed E-state index contributed by atoms with van der Waals surface area (Å²) >= 11 is 23.1. The maximum Gasteiger partial charge on any atom is 0.130 e. The summed E-state index contributed by atoms with van der Waals surface area (Å²) < 4.78 is 9.39. The zero-order chi connectivity index (χ0) is 15.0. The summed E-state index contributed by atoms with van der Waals surface area (Å²) in [4.78, 5) is 0. The second kappa shape index (κ2) is 6.26. The molecule has 3 rings (SSSR count). The van der Waals surface area contributed by atoms with E-state index >= 15 is 0 Å². The molecule has 1 aliphatic rings. The Kier molecular flexibility index (Phi) is 4.57. The van der Waals surface area contributed by atoms with Gasteiger partial charge in [0.2, 0.25) is 0 Å². The van der Waals surface area contributed by atoms with Crippen molar-refractivity contribution in [1.29, 1.82) is 0 Å². The molecule has 0 aromatic heterocycles. The van der Waals surface area contributed by atoms with E-state index in [-0.39, 0.29) is 0 Å². The van der Waals surface area contributed by atoms with Crippen LogP contribution < -0.4 is 5.32 Å². The normalized spacial score (nSPS) is 12.2. The first-order valence-corrected chi connectivity index (χ1v) is 8.50. The first kappa shape index (κ1) is 15.3. The Labute approximate surface area is 148 Å². The molecule has 1 aliphatic heterocycles. The Bertz CT molecular complexity index is 804. The van der Waals surface area contributed by atoms with Crippen LogP contribution in [0.2, 0.25) is 15.1 Å². The van der Waals surface area contributed by atoms with Crippen LogP contribution in [0.1, 0.15) is 5.56 Å². The number of rotatable bonds is 3. The molecule has 2 aromatic rings. The maximum absolute atomic E-state index is 6.25. The maximum atomic E-state index is 6.25. The molecule has 0 aliphatic carbocycles. The smallest absolute Gasteiger partial charge is 0.130 e. The minimum Gasteiger partial charge on any atom is -0.378 e. The van der Waals surface area contributed by atoms with Crippen molar-refractivity contribution in [3.8, 4) is 0 Å². The van der Waals surface area contributed by atoms with Crippen LogP contribution in [-0.2, 0) is 17.9 Å². The second-order valence-electron chi connectivity index (χ2n) is 4.27. The van der Waals surface area contributed by atoms with E-state index in [0.717, 1.165) is 21.4 Å². The van der Waals surface area contributed by atoms with Gasteiger partial charge in [-0.05, 0) is 29.8 Å². The fraction of sp³-hybridized carbons (Fsp3) is 0.0769. The van der Waals surface area contributed by atoms with Gasteiger partial charge in [-0.1, -0.05) is 50.7 Å². The second-order valence-corrected chi connectivity index (χ2v) is 6.93. The summed E-state index contributed by atoms with van der Waals surface area (Å²) in [6.07, 6.45) is 0. The third kappa shape index (κ3) is 3.12. The lowest BCUT2D eigenvalue weighted by Crippen LogP contribution is -2.01. The van der Waals surface area contributed by atoms with Crippen molar-refractivity contribution in [2.45, 2.75) is 6.54 Å². The predicted octanol–water partition coefficient (Wildman–Crippen LogP) is 6.75. The number of nitrogens with one attached hydrogen (secondary N) is 1. The summed E-state index contributed by atoms with van der Waals surface area (Å²) in [5.74, 6) is 0. The van der Waals surface area contributed by atoms with Gasteiger partial charge in [-0.15, -0.1) is 0 Å². The molecule has 0 bridgehead atoms. The van der Waals surface area contributed by atoms with E-state index in [0.29, 0.717) is 38.7 Å². The van der Waals surface area contributed by atoms with Gasteiger partial charge in [0, 0.05) is 16.0 Å². The van der Waals surface area contributed by atoms with Crippen LogP contribution in [-0.4, -0.2) is 0 Å². The van der Waals surface area contributed by atoms with Gasteiger partial charge in [0.15, 0.2) is 0 Å². The van der Waals surface area contributed by atoms with Gasteiger partial charge in [0.05, 0.1) is 27.1 Å². The van der Waals surface area contributed by atoms with Crippen molar-refractivity contribution in [2.75, 3.05) is 5.32 Å². The minimum atomic E-state index is 0.495. The average Bonchev–Trinajstić information content (AvgIpc) is 2.92. The number of nitrogens with zero attached hydrogens (tertiary/aromatic N) is 2. The summed E-state index contributed by atoms with van der Waals surface area (Å²) in [5, 5.41) is 4.95. The van der Waals surface area contributed by atoms with Crippen LogP contribution >= 0.6 is 50.7 Å². The average molecular weight is 424 g/mol. The Hall–Kier alpha value is -0.590. The van der Waals surface area contributed by atoms with Gasteiger partial charge in [-0.3, -0.25) is 0 Å². The van der Waals surface area contributed by atoms with Gasteiger partial charge >= 0.3 is 0 Å². The molecule has 2 aromatic carbocycles. The topological polar surface area (TPSA) is 36.8 Å². The summed E-state index contributed by atoms with van der Waals surface area (Å²) in [7, 11) is 0. The van der Waals surface area contributed by atoms with E-state index in [4.69, 9.17) is 34.8 Å². The summed E-state index contributed by atoms with van der Waals surface area (Å²) in [6, 6.07) is 7.35. The summed E-state index contributed by atoms with van der Waals surface area (Å²) in [6.45, 7) is 0.520. The van der Waals surface area contributed by atoms with Crippen molar-refractivity contribution in [3.63, 3.8) is 0 Å². The van der Waals surface area contributed by atoms with Gasteiger partial charge < -0.3 is 5.32 Å². The van der Waals surface area contributed by atoms with Crippen molar-refractivity contribution in [2.24, 2.45) is 8.73 Å². The SMILES string of the molecule is Clc1ccc(Br)cc1CNc1c(Cl)cc(Cl)c2c1N=S=N2. The Balaban J connectivity index is 1.92.